The number of benzene rings is 4. The number of hydrogen-bond donors (Lipinski definition) is 0. The van der Waals surface area contributed by atoms with Crippen molar-refractivity contribution in [1.82, 2.24) is 0 Å². The Morgan fingerprint density at radius 2 is 1.63 bits per heavy atom. The fourth-order valence-electron chi connectivity index (χ4n) is 7.26. The lowest BCUT2D eigenvalue weighted by Crippen LogP contribution is -2.48. The average Bonchev–Trinajstić information content (AvgIpc) is 3.47. The van der Waals surface area contributed by atoms with Gasteiger partial charge in [-0.2, -0.15) is 0 Å². The minimum atomic E-state index is -1.62. The zero-order chi connectivity index (χ0) is 29.9. The maximum atomic E-state index is 14.9. The van der Waals surface area contributed by atoms with Gasteiger partial charge in [-0.1, -0.05) is 78.4 Å². The third kappa shape index (κ3) is 3.83. The summed E-state index contributed by atoms with van der Waals surface area (Å²) in [5, 5.41) is 0.546. The lowest BCUT2D eigenvalue weighted by Gasteiger charge is -2.37. The van der Waals surface area contributed by atoms with E-state index in [-0.39, 0.29) is 17.3 Å². The molecule has 0 unspecified atom stereocenters. The fraction of sp³-hybridized carbons (Fsp3) is 0.194. The first-order valence-electron chi connectivity index (χ1n) is 14.3. The van der Waals surface area contributed by atoms with Crippen LogP contribution in [0.5, 0.6) is 11.5 Å². The number of halogens is 1. The molecule has 1 fully saturated rings. The van der Waals surface area contributed by atoms with Crippen LogP contribution in [-0.2, 0) is 0 Å². The number of Topliss-reactive ketones (excluding diaryl/α,β-unsaturated/α-hetero) is 3. The quantitative estimate of drug-likeness (QED) is 0.177. The van der Waals surface area contributed by atoms with E-state index in [2.05, 4.69) is 0 Å². The summed E-state index contributed by atoms with van der Waals surface area (Å²) < 4.78 is 11.6. The number of hydrogen-bond acceptors (Lipinski definition) is 6. The second-order valence-electron chi connectivity index (χ2n) is 11.0. The molecule has 0 saturated carbocycles. The molecule has 0 radical (unpaired) electrons. The van der Waals surface area contributed by atoms with E-state index in [1.54, 1.807) is 61.7 Å². The van der Waals surface area contributed by atoms with Crippen LogP contribution in [0.4, 0.5) is 5.69 Å². The first-order chi connectivity index (χ1) is 20.9. The number of rotatable bonds is 6. The number of anilines is 1. The fourth-order valence-corrected chi connectivity index (χ4v) is 7.44. The molecule has 0 amide bonds. The number of para-hydroxylation sites is 1. The van der Waals surface area contributed by atoms with Crippen molar-refractivity contribution in [3.8, 4) is 11.5 Å². The summed E-state index contributed by atoms with van der Waals surface area (Å²) in [6, 6.07) is 25.1. The Labute approximate surface area is 254 Å². The van der Waals surface area contributed by atoms with Gasteiger partial charge in [0.05, 0.1) is 19.8 Å². The van der Waals surface area contributed by atoms with Crippen molar-refractivity contribution in [2.75, 3.05) is 18.6 Å². The predicted molar refractivity (Wildman–Crippen MR) is 166 cm³/mol. The second kappa shape index (κ2) is 10.2. The van der Waals surface area contributed by atoms with Gasteiger partial charge in [0, 0.05) is 38.9 Å². The van der Waals surface area contributed by atoms with E-state index in [4.69, 9.17) is 21.1 Å². The molecule has 7 rings (SSSR count). The van der Waals surface area contributed by atoms with Crippen LogP contribution in [0.25, 0.3) is 6.08 Å². The Bertz CT molecular complexity index is 1810. The second-order valence-corrected chi connectivity index (χ2v) is 11.4. The summed E-state index contributed by atoms with van der Waals surface area (Å²) in [4.78, 5) is 46.5. The van der Waals surface area contributed by atoms with E-state index >= 15 is 0 Å². The first-order valence-corrected chi connectivity index (χ1v) is 14.6. The van der Waals surface area contributed by atoms with E-state index in [9.17, 15) is 14.4 Å². The Kier molecular flexibility index (Phi) is 6.47. The van der Waals surface area contributed by atoms with Gasteiger partial charge in [-0.25, -0.2) is 0 Å². The summed E-state index contributed by atoms with van der Waals surface area (Å²) in [6.45, 7) is 2.26. The van der Waals surface area contributed by atoms with E-state index in [1.165, 1.54) is 0 Å². The minimum absolute atomic E-state index is 0.232. The summed E-state index contributed by atoms with van der Waals surface area (Å²) in [5.74, 6) is -0.616. The number of nitrogens with zero attached hydrogens (tertiary/aromatic N) is 1. The highest BCUT2D eigenvalue weighted by Gasteiger charge is 2.72. The topological polar surface area (TPSA) is 72.9 Å². The molecule has 0 N–H and O–H groups in total. The zero-order valence-corrected chi connectivity index (χ0v) is 24.4. The summed E-state index contributed by atoms with van der Waals surface area (Å²) in [6.07, 6.45) is 3.78. The Morgan fingerprint density at radius 1 is 0.907 bits per heavy atom. The van der Waals surface area contributed by atoms with E-state index < -0.39 is 23.4 Å². The van der Waals surface area contributed by atoms with Crippen molar-refractivity contribution in [3.63, 3.8) is 0 Å². The van der Waals surface area contributed by atoms with Gasteiger partial charge in [0.2, 0.25) is 0 Å². The Morgan fingerprint density at radius 3 is 2.35 bits per heavy atom. The Hall–Kier alpha value is -4.68. The smallest absolute Gasteiger partial charge is 0.186 e. The SMILES string of the molecule is CCOc1ccccc1[C@@H]1[C@H](C(=O)c2cccc(OC)c2)N2c3ccc(Cl)cc3C=C[C@H]2C12C(=O)c1ccccc1C2=O. The number of carbonyl (C=O) groups is 3. The van der Waals surface area contributed by atoms with Crippen molar-refractivity contribution in [2.45, 2.75) is 24.9 Å². The molecule has 3 atom stereocenters. The molecule has 3 aliphatic rings. The zero-order valence-electron chi connectivity index (χ0n) is 23.6. The van der Waals surface area contributed by atoms with Crippen molar-refractivity contribution < 1.29 is 23.9 Å². The molecular weight excluding hydrogens is 562 g/mol. The average molecular weight is 590 g/mol. The van der Waals surface area contributed by atoms with Gasteiger partial charge >= 0.3 is 0 Å². The monoisotopic (exact) mass is 589 g/mol. The molecule has 0 aromatic heterocycles. The number of ether oxygens (including phenoxy) is 2. The Balaban J connectivity index is 1.56. The molecule has 7 heteroatoms. The summed E-state index contributed by atoms with van der Waals surface area (Å²) in [5.41, 5.74) is 1.70. The van der Waals surface area contributed by atoms with Crippen LogP contribution in [0.1, 0.15) is 55.0 Å². The molecule has 4 aromatic rings. The largest absolute Gasteiger partial charge is 0.497 e. The molecule has 4 aromatic carbocycles. The third-order valence-corrected chi connectivity index (χ3v) is 9.18. The minimum Gasteiger partial charge on any atom is -0.497 e. The number of carbonyl (C=O) groups excluding carboxylic acids is 3. The van der Waals surface area contributed by atoms with Gasteiger partial charge in [-0.15, -0.1) is 0 Å². The number of fused-ring (bicyclic) bond motifs is 5. The maximum absolute atomic E-state index is 14.9. The van der Waals surface area contributed by atoms with Gasteiger partial charge in [0.15, 0.2) is 17.3 Å². The molecule has 0 bridgehead atoms. The lowest BCUT2D eigenvalue weighted by atomic mass is 9.64. The normalized spacial score (nSPS) is 21.0. The van der Waals surface area contributed by atoms with Crippen molar-refractivity contribution in [3.05, 3.63) is 130 Å². The number of methoxy groups -OCH3 is 1. The van der Waals surface area contributed by atoms with E-state index in [1.807, 2.05) is 60.4 Å². The first kappa shape index (κ1) is 27.2. The lowest BCUT2D eigenvalue weighted by molar-refractivity contribution is 0.0664. The molecular formula is C36H28ClNO5. The molecule has 6 nitrogen and oxygen atoms in total. The van der Waals surface area contributed by atoms with Gasteiger partial charge in [-0.3, -0.25) is 14.4 Å². The highest BCUT2D eigenvalue weighted by atomic mass is 35.5. The highest BCUT2D eigenvalue weighted by molar-refractivity contribution is 6.33. The highest BCUT2D eigenvalue weighted by Crippen LogP contribution is 2.62. The molecule has 2 heterocycles. The van der Waals surface area contributed by atoms with Crippen molar-refractivity contribution >= 4 is 40.7 Å². The standard InChI is InChI=1S/C36H28ClNO5/c1-3-43-29-14-7-6-13-27(29)31-32(33(39)22-9-8-10-24(20-22)42-2)38-28-17-16-23(37)19-21(28)15-18-30(38)36(31)34(40)25-11-4-5-12-26(25)35(36)41/h4-20,30-32H,3H2,1-2H3/t30-,31+,32+/m0/s1. The van der Waals surface area contributed by atoms with Crippen LogP contribution in [0, 0.1) is 5.41 Å². The van der Waals surface area contributed by atoms with Crippen LogP contribution in [0.2, 0.25) is 5.02 Å². The summed E-state index contributed by atoms with van der Waals surface area (Å²) >= 11 is 6.40. The van der Waals surface area contributed by atoms with Crippen molar-refractivity contribution in [1.29, 1.82) is 0 Å². The molecule has 1 aliphatic carbocycles. The predicted octanol–water partition coefficient (Wildman–Crippen LogP) is 7.06. The van der Waals surface area contributed by atoms with Gasteiger partial charge in [0.25, 0.3) is 0 Å². The summed E-state index contributed by atoms with van der Waals surface area (Å²) in [7, 11) is 1.55. The maximum Gasteiger partial charge on any atom is 0.186 e. The van der Waals surface area contributed by atoms with Crippen molar-refractivity contribution in [2.24, 2.45) is 5.41 Å². The number of ketones is 3. The molecule has 43 heavy (non-hydrogen) atoms. The van der Waals surface area contributed by atoms with Crippen LogP contribution in [-0.4, -0.2) is 43.2 Å². The molecule has 1 spiro atoms. The molecule has 2 aliphatic heterocycles. The van der Waals surface area contributed by atoms with Gasteiger partial charge in [0.1, 0.15) is 23.0 Å². The van der Waals surface area contributed by atoms with Gasteiger partial charge < -0.3 is 14.4 Å². The van der Waals surface area contributed by atoms with Crippen LogP contribution >= 0.6 is 11.6 Å². The molecule has 214 valence electrons. The van der Waals surface area contributed by atoms with Crippen LogP contribution < -0.4 is 14.4 Å². The molecule has 1 saturated heterocycles. The van der Waals surface area contributed by atoms with Gasteiger partial charge in [-0.05, 0) is 48.9 Å². The van der Waals surface area contributed by atoms with E-state index in [0.29, 0.717) is 45.4 Å². The van der Waals surface area contributed by atoms with Crippen LogP contribution in [0.3, 0.4) is 0 Å². The van der Waals surface area contributed by atoms with E-state index in [0.717, 1.165) is 11.3 Å². The van der Waals surface area contributed by atoms with Crippen LogP contribution in [0.15, 0.2) is 97.1 Å². The third-order valence-electron chi connectivity index (χ3n) is 8.94.